The number of carbonyl (C=O) groups is 1. The zero-order chi connectivity index (χ0) is 15.5. The summed E-state index contributed by atoms with van der Waals surface area (Å²) >= 11 is 7.18. The maximum Gasteiger partial charge on any atom is 0.306 e. The van der Waals surface area contributed by atoms with Gasteiger partial charge in [-0.25, -0.2) is 9.97 Å². The van der Waals surface area contributed by atoms with Crippen LogP contribution in [0.15, 0.2) is 17.3 Å². The van der Waals surface area contributed by atoms with Crippen molar-refractivity contribution in [3.05, 3.63) is 17.5 Å². The first-order valence-corrected chi connectivity index (χ1v) is 8.79. The van der Waals surface area contributed by atoms with Crippen molar-refractivity contribution in [1.29, 1.82) is 0 Å². The van der Waals surface area contributed by atoms with Crippen LogP contribution < -0.4 is 0 Å². The number of rotatable bonds is 10. The average molecular weight is 331 g/mol. The van der Waals surface area contributed by atoms with Crippen LogP contribution >= 0.6 is 23.4 Å². The lowest BCUT2D eigenvalue weighted by atomic mass is 10.0. The maximum atomic E-state index is 11.7. The minimum Gasteiger partial charge on any atom is -0.465 e. The molecular weight excluding hydrogens is 308 g/mol. The Morgan fingerprint density at radius 2 is 2.29 bits per heavy atom. The van der Waals surface area contributed by atoms with Crippen molar-refractivity contribution in [3.8, 4) is 0 Å². The molecule has 0 aromatic carbocycles. The second kappa shape index (κ2) is 10.9. The molecule has 1 unspecified atom stereocenters. The third-order valence-electron chi connectivity index (χ3n) is 3.18. The number of halogens is 1. The van der Waals surface area contributed by atoms with E-state index in [9.17, 15) is 4.79 Å². The van der Waals surface area contributed by atoms with E-state index in [2.05, 4.69) is 23.8 Å². The Bertz CT molecular complexity index is 432. The predicted molar refractivity (Wildman–Crippen MR) is 86.6 cm³/mol. The molecule has 118 valence electrons. The van der Waals surface area contributed by atoms with Gasteiger partial charge in [0, 0.05) is 11.9 Å². The van der Waals surface area contributed by atoms with Crippen LogP contribution in [0.5, 0.6) is 0 Å². The monoisotopic (exact) mass is 330 g/mol. The summed E-state index contributed by atoms with van der Waals surface area (Å²) in [6.45, 7) is 4.86. The van der Waals surface area contributed by atoms with Gasteiger partial charge in [0.25, 0.3) is 0 Å². The largest absolute Gasteiger partial charge is 0.465 e. The fourth-order valence-electron chi connectivity index (χ4n) is 1.82. The van der Waals surface area contributed by atoms with Crippen LogP contribution in [-0.2, 0) is 9.53 Å². The minimum absolute atomic E-state index is 0.141. The summed E-state index contributed by atoms with van der Waals surface area (Å²) in [6.07, 6.45) is 6.56. The highest BCUT2D eigenvalue weighted by Gasteiger charge is 2.10. The third-order valence-corrected chi connectivity index (χ3v) is 4.29. The Kier molecular flexibility index (Phi) is 9.42. The molecule has 1 aromatic heterocycles. The zero-order valence-corrected chi connectivity index (χ0v) is 14.3. The number of aromatic nitrogens is 2. The van der Waals surface area contributed by atoms with Crippen molar-refractivity contribution >= 4 is 29.3 Å². The number of carbonyl (C=O) groups excluding carboxylic acids is 1. The Labute approximate surface area is 136 Å². The average Bonchev–Trinajstić information content (AvgIpc) is 2.47. The summed E-state index contributed by atoms with van der Waals surface area (Å²) in [5.74, 6) is 0.984. The quantitative estimate of drug-likeness (QED) is 0.276. The molecule has 0 aliphatic rings. The molecule has 1 rings (SSSR count). The van der Waals surface area contributed by atoms with E-state index in [1.165, 1.54) is 24.6 Å². The Morgan fingerprint density at radius 1 is 1.48 bits per heavy atom. The van der Waals surface area contributed by atoms with E-state index in [0.717, 1.165) is 17.9 Å². The van der Waals surface area contributed by atoms with E-state index in [4.69, 9.17) is 16.3 Å². The Morgan fingerprint density at radius 3 is 2.95 bits per heavy atom. The molecule has 0 fully saturated rings. The standard InChI is InChI=1S/C15H23ClN2O2S/c1-3-5-6-12(4-2)11-20-14(19)8-10-21-13-7-9-17-15(16)18-13/h7,9,12H,3-6,8,10-11H2,1-2H3. The highest BCUT2D eigenvalue weighted by atomic mass is 35.5. The summed E-state index contributed by atoms with van der Waals surface area (Å²) in [6, 6.07) is 1.78. The first kappa shape index (κ1) is 18.2. The van der Waals surface area contributed by atoms with Crippen LogP contribution in [0.4, 0.5) is 0 Å². The van der Waals surface area contributed by atoms with Crippen LogP contribution in [0, 0.1) is 5.92 Å². The van der Waals surface area contributed by atoms with Gasteiger partial charge in [0.2, 0.25) is 5.28 Å². The van der Waals surface area contributed by atoms with Crippen molar-refractivity contribution in [1.82, 2.24) is 9.97 Å². The van der Waals surface area contributed by atoms with Gasteiger partial charge in [0.05, 0.1) is 13.0 Å². The van der Waals surface area contributed by atoms with Gasteiger partial charge < -0.3 is 4.74 Å². The van der Waals surface area contributed by atoms with Crippen LogP contribution in [0.25, 0.3) is 0 Å². The number of ether oxygens (including phenoxy) is 1. The molecule has 0 N–H and O–H groups in total. The number of hydrogen-bond acceptors (Lipinski definition) is 5. The number of hydrogen-bond donors (Lipinski definition) is 0. The molecule has 0 aliphatic heterocycles. The van der Waals surface area contributed by atoms with Gasteiger partial charge in [-0.2, -0.15) is 0 Å². The van der Waals surface area contributed by atoms with Gasteiger partial charge in [-0.1, -0.05) is 33.1 Å². The second-order valence-corrected chi connectivity index (χ2v) is 6.32. The van der Waals surface area contributed by atoms with Crippen LogP contribution in [0.2, 0.25) is 5.28 Å². The third kappa shape index (κ3) is 8.27. The zero-order valence-electron chi connectivity index (χ0n) is 12.7. The van der Waals surface area contributed by atoms with Gasteiger partial charge in [-0.15, -0.1) is 11.8 Å². The topological polar surface area (TPSA) is 52.1 Å². The van der Waals surface area contributed by atoms with Crippen LogP contribution in [0.1, 0.15) is 46.0 Å². The van der Waals surface area contributed by atoms with E-state index in [1.807, 2.05) is 0 Å². The van der Waals surface area contributed by atoms with E-state index < -0.39 is 0 Å². The van der Waals surface area contributed by atoms with E-state index in [1.54, 1.807) is 12.3 Å². The summed E-state index contributed by atoms with van der Waals surface area (Å²) in [7, 11) is 0. The molecule has 1 heterocycles. The van der Waals surface area contributed by atoms with E-state index in [0.29, 0.717) is 24.7 Å². The van der Waals surface area contributed by atoms with Crippen LogP contribution in [0.3, 0.4) is 0 Å². The lowest BCUT2D eigenvalue weighted by Gasteiger charge is -2.14. The molecule has 0 spiro atoms. The summed E-state index contributed by atoms with van der Waals surface area (Å²) in [4.78, 5) is 19.6. The minimum atomic E-state index is -0.141. The molecule has 0 aliphatic carbocycles. The molecule has 21 heavy (non-hydrogen) atoms. The molecule has 1 aromatic rings. The molecule has 1 atom stereocenters. The van der Waals surface area contributed by atoms with Crippen molar-refractivity contribution in [2.24, 2.45) is 5.92 Å². The van der Waals surface area contributed by atoms with E-state index >= 15 is 0 Å². The first-order chi connectivity index (χ1) is 10.2. The number of nitrogens with zero attached hydrogens (tertiary/aromatic N) is 2. The van der Waals surface area contributed by atoms with Gasteiger partial charge in [-0.3, -0.25) is 4.79 Å². The molecular formula is C15H23ClN2O2S. The highest BCUT2D eigenvalue weighted by Crippen LogP contribution is 2.17. The molecule has 0 amide bonds. The Hall–Kier alpha value is -0.810. The van der Waals surface area contributed by atoms with Crippen molar-refractivity contribution in [3.63, 3.8) is 0 Å². The van der Waals surface area contributed by atoms with Crippen LogP contribution in [-0.4, -0.2) is 28.3 Å². The molecule has 4 nitrogen and oxygen atoms in total. The maximum absolute atomic E-state index is 11.7. The fourth-order valence-corrected chi connectivity index (χ4v) is 2.80. The van der Waals surface area contributed by atoms with E-state index in [-0.39, 0.29) is 11.3 Å². The highest BCUT2D eigenvalue weighted by molar-refractivity contribution is 7.99. The molecule has 0 saturated carbocycles. The smallest absolute Gasteiger partial charge is 0.306 e. The summed E-state index contributed by atoms with van der Waals surface area (Å²) < 4.78 is 5.34. The second-order valence-electron chi connectivity index (χ2n) is 4.86. The lowest BCUT2D eigenvalue weighted by Crippen LogP contribution is -2.14. The fraction of sp³-hybridized carbons (Fsp3) is 0.667. The van der Waals surface area contributed by atoms with Gasteiger partial charge in [0.1, 0.15) is 5.03 Å². The first-order valence-electron chi connectivity index (χ1n) is 7.42. The number of thioether (sulfide) groups is 1. The molecule has 0 bridgehead atoms. The van der Waals surface area contributed by atoms with Crippen molar-refractivity contribution in [2.75, 3.05) is 12.4 Å². The van der Waals surface area contributed by atoms with Gasteiger partial charge in [-0.05, 0) is 30.0 Å². The van der Waals surface area contributed by atoms with Crippen molar-refractivity contribution < 1.29 is 9.53 Å². The van der Waals surface area contributed by atoms with Gasteiger partial charge >= 0.3 is 5.97 Å². The number of esters is 1. The van der Waals surface area contributed by atoms with Gasteiger partial charge in [0.15, 0.2) is 0 Å². The molecule has 0 radical (unpaired) electrons. The SMILES string of the molecule is CCCCC(CC)COC(=O)CCSc1ccnc(Cl)n1. The molecule has 0 saturated heterocycles. The van der Waals surface area contributed by atoms with Crippen molar-refractivity contribution in [2.45, 2.75) is 51.0 Å². The summed E-state index contributed by atoms with van der Waals surface area (Å²) in [5, 5.41) is 1.00. The molecule has 6 heteroatoms. The Balaban J connectivity index is 2.18. The number of unbranched alkanes of at least 4 members (excludes halogenated alkanes) is 1. The predicted octanol–water partition coefficient (Wildman–Crippen LogP) is 4.37. The summed E-state index contributed by atoms with van der Waals surface area (Å²) in [5.41, 5.74) is 0. The lowest BCUT2D eigenvalue weighted by molar-refractivity contribution is -0.144. The normalized spacial score (nSPS) is 12.1.